The van der Waals surface area contributed by atoms with Crippen LogP contribution >= 0.6 is 0 Å². The van der Waals surface area contributed by atoms with Crippen LogP contribution in [0.4, 0.5) is 0 Å². The number of amides is 1. The number of rotatable bonds is 6. The topological polar surface area (TPSA) is 72.5 Å². The van der Waals surface area contributed by atoms with Gasteiger partial charge in [0, 0.05) is 6.54 Å². The van der Waals surface area contributed by atoms with Gasteiger partial charge in [0.2, 0.25) is 0 Å². The zero-order valence-electron chi connectivity index (χ0n) is 14.1. The molecule has 2 aromatic carbocycles. The summed E-state index contributed by atoms with van der Waals surface area (Å²) in [6.45, 7) is 1.82. The molecule has 25 heavy (non-hydrogen) atoms. The van der Waals surface area contributed by atoms with Gasteiger partial charge in [0.05, 0.1) is 5.75 Å². The van der Waals surface area contributed by atoms with E-state index in [1.165, 1.54) is 6.92 Å². The molecule has 1 amide bonds. The van der Waals surface area contributed by atoms with Gasteiger partial charge in [0.15, 0.2) is 5.60 Å². The first-order valence-electron chi connectivity index (χ1n) is 8.31. The molecule has 5 nitrogen and oxygen atoms in total. The molecule has 0 saturated carbocycles. The molecule has 1 N–H and O–H groups in total. The zero-order chi connectivity index (χ0) is 17.9. The minimum absolute atomic E-state index is 0.178. The van der Waals surface area contributed by atoms with Crippen molar-refractivity contribution in [3.63, 3.8) is 0 Å². The third-order valence-electron chi connectivity index (χ3n) is 4.48. The van der Waals surface area contributed by atoms with Gasteiger partial charge in [0.25, 0.3) is 16.0 Å². The Morgan fingerprint density at radius 3 is 2.52 bits per heavy atom. The van der Waals surface area contributed by atoms with Crippen molar-refractivity contribution in [1.29, 1.82) is 0 Å². The van der Waals surface area contributed by atoms with E-state index in [1.807, 2.05) is 42.5 Å². The van der Waals surface area contributed by atoms with Crippen molar-refractivity contribution < 1.29 is 17.4 Å². The Kier molecular flexibility index (Phi) is 4.92. The van der Waals surface area contributed by atoms with Crippen molar-refractivity contribution in [2.24, 2.45) is 0 Å². The van der Waals surface area contributed by atoms with Crippen LogP contribution in [0.15, 0.2) is 54.6 Å². The molecule has 0 spiro atoms. The highest BCUT2D eigenvalue weighted by atomic mass is 32.2. The van der Waals surface area contributed by atoms with Crippen LogP contribution in [0.2, 0.25) is 0 Å². The lowest BCUT2D eigenvalue weighted by molar-refractivity contribution is -0.137. The normalized spacial score (nSPS) is 19.4. The first-order valence-corrected chi connectivity index (χ1v) is 9.88. The number of carbonyl (C=O) groups excluding carboxylic acids is 1. The Hall–Kier alpha value is -2.18. The SMILES string of the molecule is CCS(=O)(=O)OC1(C(=O)NCc2ccccc2)CCc2ccccc21. The second kappa shape index (κ2) is 6.98. The second-order valence-electron chi connectivity index (χ2n) is 6.08. The Morgan fingerprint density at radius 2 is 1.80 bits per heavy atom. The van der Waals surface area contributed by atoms with Crippen molar-refractivity contribution in [1.82, 2.24) is 5.32 Å². The third-order valence-corrected chi connectivity index (χ3v) is 5.73. The maximum Gasteiger partial charge on any atom is 0.268 e. The minimum Gasteiger partial charge on any atom is -0.349 e. The highest BCUT2D eigenvalue weighted by Gasteiger charge is 2.49. The van der Waals surface area contributed by atoms with Gasteiger partial charge in [-0.2, -0.15) is 8.42 Å². The number of hydrogen-bond donors (Lipinski definition) is 1. The third kappa shape index (κ3) is 3.60. The molecule has 1 aliphatic rings. The number of hydrogen-bond acceptors (Lipinski definition) is 4. The van der Waals surface area contributed by atoms with Crippen LogP contribution in [0.1, 0.15) is 30.0 Å². The molecule has 2 aromatic rings. The Bertz CT molecular complexity index is 864. The van der Waals surface area contributed by atoms with Crippen molar-refractivity contribution in [2.75, 3.05) is 5.75 Å². The summed E-state index contributed by atoms with van der Waals surface area (Å²) in [5.41, 5.74) is 1.04. The van der Waals surface area contributed by atoms with E-state index in [0.717, 1.165) is 11.1 Å². The van der Waals surface area contributed by atoms with Gasteiger partial charge in [-0.1, -0.05) is 54.6 Å². The highest BCUT2D eigenvalue weighted by Crippen LogP contribution is 2.41. The van der Waals surface area contributed by atoms with E-state index in [2.05, 4.69) is 5.32 Å². The molecule has 0 fully saturated rings. The molecule has 0 radical (unpaired) electrons. The largest absolute Gasteiger partial charge is 0.349 e. The van der Waals surface area contributed by atoms with Gasteiger partial charge in [-0.05, 0) is 36.5 Å². The predicted molar refractivity (Wildman–Crippen MR) is 95.3 cm³/mol. The summed E-state index contributed by atoms with van der Waals surface area (Å²) in [5.74, 6) is -0.596. The molecule has 1 unspecified atom stereocenters. The van der Waals surface area contributed by atoms with Crippen molar-refractivity contribution in [3.05, 3.63) is 71.3 Å². The molecule has 1 aliphatic carbocycles. The molecule has 0 bridgehead atoms. The first-order chi connectivity index (χ1) is 12.0. The monoisotopic (exact) mass is 359 g/mol. The van der Waals surface area contributed by atoms with Crippen molar-refractivity contribution in [3.8, 4) is 0 Å². The Morgan fingerprint density at radius 1 is 1.12 bits per heavy atom. The van der Waals surface area contributed by atoms with Gasteiger partial charge >= 0.3 is 0 Å². The van der Waals surface area contributed by atoms with E-state index in [1.54, 1.807) is 12.1 Å². The van der Waals surface area contributed by atoms with Gasteiger partial charge in [-0.25, -0.2) is 4.18 Å². The van der Waals surface area contributed by atoms with Crippen LogP contribution in [0, 0.1) is 0 Å². The van der Waals surface area contributed by atoms with Gasteiger partial charge in [-0.15, -0.1) is 0 Å². The maximum atomic E-state index is 13.0. The molecule has 0 aliphatic heterocycles. The first kappa shape index (κ1) is 17.6. The summed E-state index contributed by atoms with van der Waals surface area (Å²) >= 11 is 0. The van der Waals surface area contributed by atoms with Crippen LogP contribution in [-0.4, -0.2) is 20.1 Å². The summed E-state index contributed by atoms with van der Waals surface area (Å²) in [5, 5.41) is 2.84. The Labute approximate surface area is 148 Å². The van der Waals surface area contributed by atoms with Gasteiger partial charge < -0.3 is 5.32 Å². The van der Waals surface area contributed by atoms with Crippen LogP contribution in [0.5, 0.6) is 0 Å². The molecule has 6 heteroatoms. The van der Waals surface area contributed by atoms with Crippen LogP contribution in [0.25, 0.3) is 0 Å². The summed E-state index contributed by atoms with van der Waals surface area (Å²) in [6.07, 6.45) is 0.917. The van der Waals surface area contributed by atoms with Crippen molar-refractivity contribution >= 4 is 16.0 Å². The molecule has 132 valence electrons. The lowest BCUT2D eigenvalue weighted by Gasteiger charge is -2.28. The van der Waals surface area contributed by atoms with Crippen LogP contribution in [0.3, 0.4) is 0 Å². The summed E-state index contributed by atoms with van der Waals surface area (Å²) in [7, 11) is -3.79. The highest BCUT2D eigenvalue weighted by molar-refractivity contribution is 7.86. The van der Waals surface area contributed by atoms with Crippen LogP contribution < -0.4 is 5.32 Å². The molecule has 0 heterocycles. The van der Waals surface area contributed by atoms with E-state index in [9.17, 15) is 13.2 Å². The smallest absolute Gasteiger partial charge is 0.268 e. The van der Waals surface area contributed by atoms with E-state index in [4.69, 9.17) is 4.18 Å². The number of fused-ring (bicyclic) bond motifs is 1. The van der Waals surface area contributed by atoms with Crippen LogP contribution in [-0.2, 0) is 37.7 Å². The molecule has 0 aromatic heterocycles. The number of benzene rings is 2. The van der Waals surface area contributed by atoms with E-state index >= 15 is 0 Å². The number of aryl methyl sites for hydroxylation is 1. The molecule has 3 rings (SSSR count). The lowest BCUT2D eigenvalue weighted by Crippen LogP contribution is -2.46. The zero-order valence-corrected chi connectivity index (χ0v) is 14.9. The fourth-order valence-electron chi connectivity index (χ4n) is 3.13. The molecular weight excluding hydrogens is 338 g/mol. The number of carbonyl (C=O) groups is 1. The predicted octanol–water partition coefficient (Wildman–Crippen LogP) is 2.51. The maximum absolute atomic E-state index is 13.0. The average molecular weight is 359 g/mol. The van der Waals surface area contributed by atoms with Gasteiger partial charge in [-0.3, -0.25) is 4.79 Å². The average Bonchev–Trinajstić information content (AvgIpc) is 3.00. The molecule has 0 saturated heterocycles. The Balaban J connectivity index is 1.91. The summed E-state index contributed by atoms with van der Waals surface area (Å²) in [4.78, 5) is 13.0. The summed E-state index contributed by atoms with van der Waals surface area (Å²) in [6, 6.07) is 16.8. The standard InChI is InChI=1S/C19H21NO4S/c1-2-25(22,23)24-19(13-12-16-10-6-7-11-17(16)19)18(21)20-14-15-8-4-3-5-9-15/h3-11H,2,12-14H2,1H3,(H,20,21). The summed E-state index contributed by atoms with van der Waals surface area (Å²) < 4.78 is 29.8. The molecular formula is C19H21NO4S. The van der Waals surface area contributed by atoms with E-state index < -0.39 is 21.6 Å². The number of nitrogens with one attached hydrogen (secondary N) is 1. The minimum atomic E-state index is -3.79. The molecule has 1 atom stereocenters. The second-order valence-corrected chi connectivity index (χ2v) is 7.94. The van der Waals surface area contributed by atoms with E-state index in [-0.39, 0.29) is 5.75 Å². The fraction of sp³-hybridized carbons (Fsp3) is 0.316. The van der Waals surface area contributed by atoms with Gasteiger partial charge in [0.1, 0.15) is 0 Å². The van der Waals surface area contributed by atoms with E-state index in [0.29, 0.717) is 24.9 Å². The lowest BCUT2D eigenvalue weighted by atomic mass is 9.95. The quantitative estimate of drug-likeness (QED) is 0.805. The fourth-order valence-corrected chi connectivity index (χ4v) is 3.93. The van der Waals surface area contributed by atoms with Crippen molar-refractivity contribution in [2.45, 2.75) is 31.9 Å².